The lowest BCUT2D eigenvalue weighted by molar-refractivity contribution is 0.0760. The van der Waals surface area contributed by atoms with Crippen molar-refractivity contribution >= 4 is 11.6 Å². The van der Waals surface area contributed by atoms with Gasteiger partial charge in [-0.25, -0.2) is 15.0 Å². The van der Waals surface area contributed by atoms with Gasteiger partial charge in [0.15, 0.2) is 5.69 Å². The summed E-state index contributed by atoms with van der Waals surface area (Å²) in [4.78, 5) is 29.8. The van der Waals surface area contributed by atoms with E-state index in [1.54, 1.807) is 24.4 Å². The number of pyridine rings is 1. The molecule has 5 heterocycles. The number of hydrogen-bond donors (Lipinski definition) is 0. The second-order valence-electron chi connectivity index (χ2n) is 7.96. The van der Waals surface area contributed by atoms with E-state index in [9.17, 15) is 4.79 Å². The van der Waals surface area contributed by atoms with E-state index < -0.39 is 0 Å². The van der Waals surface area contributed by atoms with E-state index in [-0.39, 0.29) is 12.0 Å². The number of likely N-dealkylation sites (tertiary alicyclic amines) is 1. The quantitative estimate of drug-likeness (QED) is 0.594. The van der Waals surface area contributed by atoms with Gasteiger partial charge in [-0.2, -0.15) is 0 Å². The summed E-state index contributed by atoms with van der Waals surface area (Å²) in [7, 11) is 1.62. The molecule has 1 unspecified atom stereocenters. The third-order valence-corrected chi connectivity index (χ3v) is 5.90. The minimum Gasteiger partial charge on any atom is -0.481 e. The lowest BCUT2D eigenvalue weighted by atomic mass is 10.1. The van der Waals surface area contributed by atoms with Crippen molar-refractivity contribution in [3.63, 3.8) is 0 Å². The predicted octanol–water partition coefficient (Wildman–Crippen LogP) is 2.03. The van der Waals surface area contributed by atoms with Crippen LogP contribution in [0.15, 0.2) is 35.4 Å². The number of fused-ring (bicyclic) bond motifs is 1. The number of anilines is 1. The van der Waals surface area contributed by atoms with Gasteiger partial charge in [-0.3, -0.25) is 4.79 Å². The smallest absolute Gasteiger partial charge is 0.276 e. The standard InChI is InChI=1S/C22H24N6O4/c1-14-9-15(10-23-20(14)30-2)27-7-4-18-17(12-27)21(25-13-24-18)32-16-3-6-28(11-16)22(29)19-5-8-31-26-19/h5,8-10,13,16H,3-4,6-7,11-12H2,1-2H3. The van der Waals surface area contributed by atoms with Gasteiger partial charge in [0.1, 0.15) is 18.7 Å². The third kappa shape index (κ3) is 3.83. The number of nitrogens with zero attached hydrogens (tertiary/aromatic N) is 6. The first kappa shape index (κ1) is 20.2. The molecule has 10 heteroatoms. The van der Waals surface area contributed by atoms with Crippen molar-refractivity contribution in [1.82, 2.24) is 25.0 Å². The molecule has 0 saturated carbocycles. The van der Waals surface area contributed by atoms with Crippen molar-refractivity contribution < 1.29 is 18.8 Å². The molecule has 1 atom stereocenters. The fraction of sp³-hybridized carbons (Fsp3) is 0.409. The van der Waals surface area contributed by atoms with Crippen LogP contribution in [0.5, 0.6) is 11.8 Å². The Morgan fingerprint density at radius 2 is 2.12 bits per heavy atom. The Labute approximate surface area is 185 Å². The monoisotopic (exact) mass is 436 g/mol. The van der Waals surface area contributed by atoms with Gasteiger partial charge in [-0.05, 0) is 13.0 Å². The maximum absolute atomic E-state index is 12.5. The number of ether oxygens (including phenoxy) is 2. The van der Waals surface area contributed by atoms with Crippen LogP contribution in [0.25, 0.3) is 0 Å². The fourth-order valence-corrected chi connectivity index (χ4v) is 4.22. The number of carbonyl (C=O) groups is 1. The van der Waals surface area contributed by atoms with E-state index in [0.717, 1.165) is 41.9 Å². The highest BCUT2D eigenvalue weighted by Gasteiger charge is 2.31. The number of aryl methyl sites for hydroxylation is 1. The van der Waals surface area contributed by atoms with Crippen LogP contribution in [0.2, 0.25) is 0 Å². The molecule has 5 rings (SSSR count). The van der Waals surface area contributed by atoms with E-state index >= 15 is 0 Å². The maximum atomic E-state index is 12.5. The summed E-state index contributed by atoms with van der Waals surface area (Å²) in [5.74, 6) is 1.06. The highest BCUT2D eigenvalue weighted by atomic mass is 16.5. The first-order valence-corrected chi connectivity index (χ1v) is 10.6. The van der Waals surface area contributed by atoms with Crippen LogP contribution < -0.4 is 14.4 Å². The van der Waals surface area contributed by atoms with E-state index in [1.165, 1.54) is 6.26 Å². The highest BCUT2D eigenvalue weighted by molar-refractivity contribution is 5.92. The molecule has 32 heavy (non-hydrogen) atoms. The summed E-state index contributed by atoms with van der Waals surface area (Å²) in [5.41, 5.74) is 4.30. The Morgan fingerprint density at radius 1 is 1.22 bits per heavy atom. The van der Waals surface area contributed by atoms with Crippen molar-refractivity contribution in [2.45, 2.75) is 32.4 Å². The number of methoxy groups -OCH3 is 1. The number of amides is 1. The summed E-state index contributed by atoms with van der Waals surface area (Å²) in [6.07, 6.45) is 6.16. The zero-order valence-corrected chi connectivity index (χ0v) is 18.0. The van der Waals surface area contributed by atoms with Crippen molar-refractivity contribution in [3.8, 4) is 11.8 Å². The minimum absolute atomic E-state index is 0.134. The van der Waals surface area contributed by atoms with Crippen LogP contribution in [0.3, 0.4) is 0 Å². The summed E-state index contributed by atoms with van der Waals surface area (Å²) in [5, 5.41) is 3.74. The zero-order valence-electron chi connectivity index (χ0n) is 18.0. The average Bonchev–Trinajstić information content (AvgIpc) is 3.51. The van der Waals surface area contributed by atoms with Crippen LogP contribution in [-0.2, 0) is 13.0 Å². The second kappa shape index (κ2) is 8.45. The van der Waals surface area contributed by atoms with Crippen LogP contribution in [-0.4, -0.2) is 63.8 Å². The fourth-order valence-electron chi connectivity index (χ4n) is 4.22. The van der Waals surface area contributed by atoms with Crippen LogP contribution >= 0.6 is 0 Å². The Morgan fingerprint density at radius 3 is 2.91 bits per heavy atom. The van der Waals surface area contributed by atoms with Crippen molar-refractivity contribution in [1.29, 1.82) is 0 Å². The third-order valence-electron chi connectivity index (χ3n) is 5.90. The van der Waals surface area contributed by atoms with Gasteiger partial charge in [0.25, 0.3) is 5.91 Å². The Kier molecular flexibility index (Phi) is 5.34. The van der Waals surface area contributed by atoms with Gasteiger partial charge in [-0.1, -0.05) is 5.16 Å². The molecule has 0 bridgehead atoms. The van der Waals surface area contributed by atoms with E-state index in [0.29, 0.717) is 37.1 Å². The Bertz CT molecular complexity index is 1120. The number of rotatable bonds is 5. The largest absolute Gasteiger partial charge is 0.481 e. The molecule has 0 N–H and O–H groups in total. The number of hydrogen-bond acceptors (Lipinski definition) is 9. The van der Waals surface area contributed by atoms with E-state index in [1.807, 2.05) is 13.1 Å². The average molecular weight is 436 g/mol. The molecule has 2 aliphatic rings. The molecular formula is C22H24N6O4. The predicted molar refractivity (Wildman–Crippen MR) is 114 cm³/mol. The molecule has 1 amide bonds. The van der Waals surface area contributed by atoms with Crippen LogP contribution in [0.1, 0.15) is 33.7 Å². The first-order valence-electron chi connectivity index (χ1n) is 10.6. The summed E-state index contributed by atoms with van der Waals surface area (Å²) in [6.45, 7) is 4.53. The first-order chi connectivity index (χ1) is 15.6. The number of aromatic nitrogens is 4. The molecule has 1 fully saturated rings. The van der Waals surface area contributed by atoms with Gasteiger partial charge in [0, 0.05) is 37.6 Å². The van der Waals surface area contributed by atoms with Crippen molar-refractivity contribution in [2.75, 3.05) is 31.6 Å². The molecule has 0 aromatic carbocycles. The summed E-state index contributed by atoms with van der Waals surface area (Å²) < 4.78 is 16.3. The van der Waals surface area contributed by atoms with Gasteiger partial charge >= 0.3 is 0 Å². The second-order valence-corrected chi connectivity index (χ2v) is 7.96. The molecule has 0 spiro atoms. The minimum atomic E-state index is -0.150. The molecule has 3 aromatic heterocycles. The molecule has 1 saturated heterocycles. The lowest BCUT2D eigenvalue weighted by Crippen LogP contribution is -2.33. The molecule has 166 valence electrons. The van der Waals surface area contributed by atoms with Crippen molar-refractivity contribution in [2.24, 2.45) is 0 Å². The van der Waals surface area contributed by atoms with Gasteiger partial charge in [-0.15, -0.1) is 0 Å². The van der Waals surface area contributed by atoms with E-state index in [2.05, 4.69) is 31.1 Å². The molecule has 3 aromatic rings. The molecule has 0 aliphatic carbocycles. The Balaban J connectivity index is 1.30. The van der Waals surface area contributed by atoms with Gasteiger partial charge in [0.05, 0.1) is 43.3 Å². The molecule has 10 nitrogen and oxygen atoms in total. The van der Waals surface area contributed by atoms with Crippen molar-refractivity contribution in [3.05, 3.63) is 53.4 Å². The lowest BCUT2D eigenvalue weighted by Gasteiger charge is -2.31. The zero-order chi connectivity index (χ0) is 22.1. The summed E-state index contributed by atoms with van der Waals surface area (Å²) >= 11 is 0. The van der Waals surface area contributed by atoms with Gasteiger partial charge < -0.3 is 23.8 Å². The Hall–Kier alpha value is -3.69. The van der Waals surface area contributed by atoms with Crippen LogP contribution in [0, 0.1) is 6.92 Å². The highest BCUT2D eigenvalue weighted by Crippen LogP contribution is 2.31. The maximum Gasteiger partial charge on any atom is 0.276 e. The van der Waals surface area contributed by atoms with Crippen LogP contribution in [0.4, 0.5) is 5.69 Å². The SMILES string of the molecule is COc1ncc(N2CCc3ncnc(OC4CCN(C(=O)c5ccon5)C4)c3C2)cc1C. The topological polar surface area (TPSA) is 107 Å². The summed E-state index contributed by atoms with van der Waals surface area (Å²) in [6, 6.07) is 3.65. The normalized spacial score (nSPS) is 17.9. The molecule has 2 aliphatic heterocycles. The van der Waals surface area contributed by atoms with E-state index in [4.69, 9.17) is 14.0 Å². The molecular weight excluding hydrogens is 412 g/mol. The number of carbonyl (C=O) groups excluding carboxylic acids is 1. The van der Waals surface area contributed by atoms with Gasteiger partial charge in [0.2, 0.25) is 11.8 Å². The molecule has 0 radical (unpaired) electrons.